The van der Waals surface area contributed by atoms with Gasteiger partial charge in [-0.2, -0.15) is 0 Å². The molecule has 0 heterocycles. The van der Waals surface area contributed by atoms with Gasteiger partial charge in [0.25, 0.3) is 0 Å². The van der Waals surface area contributed by atoms with E-state index in [1.54, 1.807) is 0 Å². The van der Waals surface area contributed by atoms with Gasteiger partial charge in [0.15, 0.2) is 0 Å². The molecule has 0 aliphatic rings. The summed E-state index contributed by atoms with van der Waals surface area (Å²) in [6.45, 7) is 27.3. The van der Waals surface area contributed by atoms with Crippen molar-refractivity contribution in [2.45, 2.75) is 178 Å². The predicted molar refractivity (Wildman–Crippen MR) is 171 cm³/mol. The second kappa shape index (κ2) is 31.1. The molecular formula is C34H70N2O. The van der Waals surface area contributed by atoms with E-state index in [2.05, 4.69) is 66.0 Å². The minimum atomic E-state index is 0.214. The molecule has 2 unspecified atom stereocenters. The lowest BCUT2D eigenvalue weighted by Gasteiger charge is -2.34. The van der Waals surface area contributed by atoms with E-state index in [-0.39, 0.29) is 5.90 Å². The zero-order chi connectivity index (χ0) is 28.9. The Hall–Kier alpha value is -1.09. The molecule has 0 spiro atoms. The van der Waals surface area contributed by atoms with Crippen LogP contribution in [0.1, 0.15) is 166 Å². The Balaban J connectivity index is -0.00000146. The smallest absolute Gasteiger partial charge is 0.212 e. The lowest BCUT2D eigenvalue weighted by Crippen LogP contribution is -2.40. The average molecular weight is 523 g/mol. The normalized spacial score (nSPS) is 12.7. The SMILES string of the molecule is C=C(C(=N)OCC)/C(=C\CN(C(C)CCC)C(C)CCCCCCCCCC)CC.CC.CCCCC. The molecule has 2 atom stereocenters. The Bertz CT molecular complexity index is 524. The van der Waals surface area contributed by atoms with Gasteiger partial charge in [0.05, 0.1) is 6.61 Å². The van der Waals surface area contributed by atoms with E-state index in [0.29, 0.717) is 18.7 Å². The van der Waals surface area contributed by atoms with Gasteiger partial charge in [0, 0.05) is 24.2 Å². The maximum absolute atomic E-state index is 8.06. The molecule has 0 amide bonds. The van der Waals surface area contributed by atoms with E-state index in [1.165, 1.54) is 89.9 Å². The molecule has 222 valence electrons. The van der Waals surface area contributed by atoms with E-state index in [4.69, 9.17) is 10.1 Å². The highest BCUT2D eigenvalue weighted by atomic mass is 16.5. The van der Waals surface area contributed by atoms with Gasteiger partial charge in [-0.15, -0.1) is 0 Å². The summed E-state index contributed by atoms with van der Waals surface area (Å²) in [5.74, 6) is 0.214. The topological polar surface area (TPSA) is 36.3 Å². The molecule has 0 aliphatic carbocycles. The Kier molecular flexibility index (Phi) is 34.0. The second-order valence-corrected chi connectivity index (χ2v) is 10.1. The summed E-state index contributed by atoms with van der Waals surface area (Å²) in [5.41, 5.74) is 1.87. The molecule has 0 fully saturated rings. The summed E-state index contributed by atoms with van der Waals surface area (Å²) in [6, 6.07) is 1.16. The van der Waals surface area contributed by atoms with Crippen molar-refractivity contribution in [3.8, 4) is 0 Å². The highest BCUT2D eigenvalue weighted by molar-refractivity contribution is 5.94. The minimum Gasteiger partial charge on any atom is -0.478 e. The predicted octanol–water partition coefficient (Wildman–Crippen LogP) is 11.5. The number of nitrogens with one attached hydrogen (secondary N) is 1. The lowest BCUT2D eigenvalue weighted by molar-refractivity contribution is 0.154. The summed E-state index contributed by atoms with van der Waals surface area (Å²) in [6.07, 6.45) is 22.0. The van der Waals surface area contributed by atoms with Crippen molar-refractivity contribution in [1.29, 1.82) is 5.41 Å². The summed E-state index contributed by atoms with van der Waals surface area (Å²) < 4.78 is 5.36. The third-order valence-electron chi connectivity index (χ3n) is 6.90. The van der Waals surface area contributed by atoms with E-state index >= 15 is 0 Å². The molecule has 0 aromatic carbocycles. The van der Waals surface area contributed by atoms with Crippen LogP contribution in [0, 0.1) is 5.41 Å². The van der Waals surface area contributed by atoms with Gasteiger partial charge in [0.1, 0.15) is 0 Å². The van der Waals surface area contributed by atoms with Gasteiger partial charge in [-0.1, -0.05) is 138 Å². The Morgan fingerprint density at radius 2 is 1.22 bits per heavy atom. The van der Waals surface area contributed by atoms with Crippen molar-refractivity contribution in [3.05, 3.63) is 23.8 Å². The summed E-state index contributed by atoms with van der Waals surface area (Å²) in [5, 5.41) is 8.06. The molecule has 0 bridgehead atoms. The first-order valence-corrected chi connectivity index (χ1v) is 16.2. The quantitative estimate of drug-likeness (QED) is 0.0704. The van der Waals surface area contributed by atoms with Crippen LogP contribution in [-0.4, -0.2) is 36.0 Å². The van der Waals surface area contributed by atoms with E-state index in [1.807, 2.05) is 20.8 Å². The molecule has 1 N–H and O–H groups in total. The van der Waals surface area contributed by atoms with Crippen molar-refractivity contribution >= 4 is 5.90 Å². The number of hydrogen-bond acceptors (Lipinski definition) is 3. The molecule has 37 heavy (non-hydrogen) atoms. The monoisotopic (exact) mass is 523 g/mol. The van der Waals surface area contributed by atoms with Gasteiger partial charge in [0.2, 0.25) is 5.90 Å². The Morgan fingerprint density at radius 3 is 1.65 bits per heavy atom. The van der Waals surface area contributed by atoms with Gasteiger partial charge < -0.3 is 4.74 Å². The van der Waals surface area contributed by atoms with Gasteiger partial charge in [-0.25, -0.2) is 0 Å². The number of nitrogens with zero attached hydrogens (tertiary/aromatic N) is 1. The third kappa shape index (κ3) is 23.7. The van der Waals surface area contributed by atoms with E-state index in [9.17, 15) is 0 Å². The van der Waals surface area contributed by atoms with Crippen LogP contribution in [0.25, 0.3) is 0 Å². The molecule has 0 saturated heterocycles. The fraction of sp³-hybridized carbons (Fsp3) is 0.853. The van der Waals surface area contributed by atoms with Crippen LogP contribution in [-0.2, 0) is 4.74 Å². The van der Waals surface area contributed by atoms with Crippen LogP contribution in [0.4, 0.5) is 0 Å². The largest absolute Gasteiger partial charge is 0.478 e. The molecule has 0 radical (unpaired) electrons. The first-order valence-electron chi connectivity index (χ1n) is 16.2. The minimum absolute atomic E-state index is 0.214. The zero-order valence-corrected chi connectivity index (χ0v) is 27.3. The van der Waals surface area contributed by atoms with E-state index in [0.717, 1.165) is 24.1 Å². The average Bonchev–Trinajstić information content (AvgIpc) is 2.90. The number of hydrogen-bond donors (Lipinski definition) is 1. The van der Waals surface area contributed by atoms with Crippen molar-refractivity contribution in [3.63, 3.8) is 0 Å². The summed E-state index contributed by atoms with van der Waals surface area (Å²) >= 11 is 0. The summed E-state index contributed by atoms with van der Waals surface area (Å²) in [7, 11) is 0. The summed E-state index contributed by atoms with van der Waals surface area (Å²) in [4.78, 5) is 2.65. The van der Waals surface area contributed by atoms with Gasteiger partial charge in [-0.05, 0) is 45.6 Å². The third-order valence-corrected chi connectivity index (χ3v) is 6.90. The van der Waals surface area contributed by atoms with Crippen LogP contribution in [0.15, 0.2) is 23.8 Å². The molecule has 3 heteroatoms. The second-order valence-electron chi connectivity index (χ2n) is 10.1. The van der Waals surface area contributed by atoms with E-state index < -0.39 is 0 Å². The standard InChI is InChI=1S/C27H52N2O.C5H12.C2H6/c1-8-12-13-14-15-16-17-18-20-24(6)29(23(5)19-9-2)22-21-26(10-3)25(7)27(28)30-11-4;1-3-5-4-2;1-2/h21,23-24,28H,7-20,22H2,1-6H3;3-5H2,1-2H3;1-2H3/b26-21-,28-27?;;. The maximum atomic E-state index is 8.06. The maximum Gasteiger partial charge on any atom is 0.212 e. The number of ether oxygens (including phenoxy) is 1. The Morgan fingerprint density at radius 1 is 0.730 bits per heavy atom. The van der Waals surface area contributed by atoms with Crippen LogP contribution >= 0.6 is 0 Å². The molecular weight excluding hydrogens is 452 g/mol. The number of rotatable bonds is 21. The van der Waals surface area contributed by atoms with Crippen molar-refractivity contribution < 1.29 is 4.74 Å². The molecule has 0 aromatic rings. The first kappa shape index (κ1) is 40.4. The molecule has 0 rings (SSSR count). The van der Waals surface area contributed by atoms with Crippen molar-refractivity contribution in [2.24, 2.45) is 0 Å². The fourth-order valence-corrected chi connectivity index (χ4v) is 4.54. The highest BCUT2D eigenvalue weighted by Crippen LogP contribution is 2.20. The first-order chi connectivity index (χ1) is 17.8. The lowest BCUT2D eigenvalue weighted by atomic mass is 10.0. The van der Waals surface area contributed by atoms with Gasteiger partial charge >= 0.3 is 0 Å². The number of unbranched alkanes of at least 4 members (excludes halogenated alkanes) is 9. The van der Waals surface area contributed by atoms with Crippen LogP contribution in [0.2, 0.25) is 0 Å². The van der Waals surface area contributed by atoms with Gasteiger partial charge in [-0.3, -0.25) is 10.3 Å². The molecule has 3 nitrogen and oxygen atoms in total. The van der Waals surface area contributed by atoms with Crippen LogP contribution in [0.3, 0.4) is 0 Å². The van der Waals surface area contributed by atoms with Crippen molar-refractivity contribution in [1.82, 2.24) is 4.90 Å². The molecule has 0 aromatic heterocycles. The highest BCUT2D eigenvalue weighted by Gasteiger charge is 2.19. The zero-order valence-electron chi connectivity index (χ0n) is 27.3. The van der Waals surface area contributed by atoms with Crippen LogP contribution < -0.4 is 0 Å². The molecule has 0 saturated carbocycles. The Labute approximate surface area is 235 Å². The molecule has 0 aliphatic heterocycles. The fourth-order valence-electron chi connectivity index (χ4n) is 4.54. The van der Waals surface area contributed by atoms with Crippen LogP contribution in [0.5, 0.6) is 0 Å². The van der Waals surface area contributed by atoms with Crippen molar-refractivity contribution in [2.75, 3.05) is 13.2 Å².